The summed E-state index contributed by atoms with van der Waals surface area (Å²) in [6, 6.07) is 29.9. The minimum atomic E-state index is 0.283. The van der Waals surface area contributed by atoms with E-state index in [4.69, 9.17) is 0 Å². The van der Waals surface area contributed by atoms with E-state index in [1.165, 1.54) is 32.7 Å². The Labute approximate surface area is 178 Å². The lowest BCUT2D eigenvalue weighted by Gasteiger charge is -2.21. The Morgan fingerprint density at radius 2 is 0.862 bits per heavy atom. The van der Waals surface area contributed by atoms with Crippen LogP contribution in [0.1, 0.15) is 59.6 Å². The van der Waals surface area contributed by atoms with E-state index in [0.29, 0.717) is 0 Å². The number of hydrogen-bond donors (Lipinski definition) is 0. The summed E-state index contributed by atoms with van der Waals surface area (Å²) in [5.41, 5.74) is 3.12. The van der Waals surface area contributed by atoms with Crippen molar-refractivity contribution in [1.29, 1.82) is 0 Å². The van der Waals surface area contributed by atoms with Crippen molar-refractivity contribution in [1.82, 2.24) is 0 Å². The van der Waals surface area contributed by atoms with E-state index in [1.54, 1.807) is 0 Å². The lowest BCUT2D eigenvalue weighted by Crippen LogP contribution is -2.12. The average molecular weight is 387 g/mol. The third-order valence-electron chi connectivity index (χ3n) is 4.61. The second-order valence-electron chi connectivity index (χ2n) is 7.57. The second-order valence-corrected chi connectivity index (χ2v) is 7.57. The summed E-state index contributed by atoms with van der Waals surface area (Å²) in [6.07, 6.45) is 0. The highest BCUT2D eigenvalue weighted by Crippen LogP contribution is 2.25. The van der Waals surface area contributed by atoms with Crippen LogP contribution in [0.2, 0.25) is 0 Å². The first-order chi connectivity index (χ1) is 14.0. The highest BCUT2D eigenvalue weighted by Gasteiger charge is 2.14. The quantitative estimate of drug-likeness (QED) is 0.264. The van der Waals surface area contributed by atoms with E-state index in [1.807, 2.05) is 27.7 Å². The van der Waals surface area contributed by atoms with Crippen molar-refractivity contribution in [2.75, 3.05) is 0 Å². The van der Waals surface area contributed by atoms with Crippen LogP contribution >= 0.6 is 0 Å². The van der Waals surface area contributed by atoms with E-state index in [2.05, 4.69) is 113 Å². The molecular formula is C29H38. The minimum absolute atomic E-state index is 0.283. The summed E-state index contributed by atoms with van der Waals surface area (Å²) in [5, 5.41) is 5.30. The molecule has 4 rings (SSSR count). The largest absolute Gasteiger partial charge is 0.0683 e. The zero-order chi connectivity index (χ0) is 21.9. The number of fused-ring (bicyclic) bond motifs is 3. The molecule has 0 nitrogen and oxygen atoms in total. The van der Waals surface area contributed by atoms with Crippen molar-refractivity contribution in [3.05, 3.63) is 96.1 Å². The topological polar surface area (TPSA) is 0 Å². The van der Waals surface area contributed by atoms with Gasteiger partial charge in [-0.1, -0.05) is 133 Å². The molecule has 4 aromatic carbocycles. The van der Waals surface area contributed by atoms with Crippen LogP contribution in [0.4, 0.5) is 0 Å². The van der Waals surface area contributed by atoms with Crippen molar-refractivity contribution in [2.45, 2.75) is 60.8 Å². The van der Waals surface area contributed by atoms with Gasteiger partial charge in [0.1, 0.15) is 0 Å². The summed E-state index contributed by atoms with van der Waals surface area (Å²) in [4.78, 5) is 0. The Morgan fingerprint density at radius 3 is 1.24 bits per heavy atom. The summed E-state index contributed by atoms with van der Waals surface area (Å²) < 4.78 is 0. The number of hydrogen-bond acceptors (Lipinski definition) is 0. The van der Waals surface area contributed by atoms with Gasteiger partial charge in [0.2, 0.25) is 0 Å². The lowest BCUT2D eigenvalue weighted by molar-refractivity contribution is 0.586. The SMILES string of the molecule is CC.CC.Cc1ccccc1C(C)(C)C.c1ccc2c(c1)ccc1ccccc12. The molecule has 0 N–H and O–H groups in total. The molecule has 4 aromatic rings. The number of aryl methyl sites for hydroxylation is 1. The average Bonchev–Trinajstić information content (AvgIpc) is 2.76. The zero-order valence-corrected chi connectivity index (χ0v) is 19.6. The van der Waals surface area contributed by atoms with Crippen molar-refractivity contribution < 1.29 is 0 Å². The maximum atomic E-state index is 2.25. The third kappa shape index (κ3) is 6.75. The summed E-state index contributed by atoms with van der Waals surface area (Å²) in [6.45, 7) is 16.9. The van der Waals surface area contributed by atoms with Crippen LogP contribution in [-0.4, -0.2) is 0 Å². The van der Waals surface area contributed by atoms with E-state index >= 15 is 0 Å². The van der Waals surface area contributed by atoms with Gasteiger partial charge in [-0.05, 0) is 45.0 Å². The molecular weight excluding hydrogens is 348 g/mol. The molecule has 0 saturated heterocycles. The first-order valence-corrected chi connectivity index (χ1v) is 10.9. The van der Waals surface area contributed by atoms with Crippen LogP contribution in [0.25, 0.3) is 21.5 Å². The Balaban J connectivity index is 0.000000254. The normalized spacial score (nSPS) is 10.1. The third-order valence-corrected chi connectivity index (χ3v) is 4.61. The van der Waals surface area contributed by atoms with Gasteiger partial charge < -0.3 is 0 Å². The van der Waals surface area contributed by atoms with Gasteiger partial charge in [-0.2, -0.15) is 0 Å². The Bertz CT molecular complexity index is 932. The molecule has 0 aliphatic rings. The van der Waals surface area contributed by atoms with Gasteiger partial charge in [-0.3, -0.25) is 0 Å². The van der Waals surface area contributed by atoms with Crippen LogP contribution in [0.3, 0.4) is 0 Å². The fraction of sp³-hybridized carbons (Fsp3) is 0.310. The van der Waals surface area contributed by atoms with Gasteiger partial charge in [-0.25, -0.2) is 0 Å². The van der Waals surface area contributed by atoms with Crippen molar-refractivity contribution in [2.24, 2.45) is 0 Å². The number of rotatable bonds is 0. The van der Waals surface area contributed by atoms with Crippen LogP contribution in [0.5, 0.6) is 0 Å². The molecule has 29 heavy (non-hydrogen) atoms. The Hall–Kier alpha value is -2.60. The van der Waals surface area contributed by atoms with E-state index < -0.39 is 0 Å². The van der Waals surface area contributed by atoms with Gasteiger partial charge in [0, 0.05) is 0 Å². The van der Waals surface area contributed by atoms with Crippen molar-refractivity contribution >= 4 is 21.5 Å². The highest BCUT2D eigenvalue weighted by atomic mass is 14.2. The van der Waals surface area contributed by atoms with Crippen LogP contribution in [0.15, 0.2) is 84.9 Å². The zero-order valence-electron chi connectivity index (χ0n) is 19.6. The molecule has 0 spiro atoms. The monoisotopic (exact) mass is 386 g/mol. The molecule has 0 unspecified atom stereocenters. The van der Waals surface area contributed by atoms with Gasteiger partial charge in [-0.15, -0.1) is 0 Å². The van der Waals surface area contributed by atoms with Gasteiger partial charge in [0.25, 0.3) is 0 Å². The fourth-order valence-corrected chi connectivity index (χ4v) is 3.37. The first kappa shape index (κ1) is 24.4. The van der Waals surface area contributed by atoms with E-state index in [-0.39, 0.29) is 5.41 Å². The van der Waals surface area contributed by atoms with Crippen LogP contribution in [-0.2, 0) is 5.41 Å². The summed E-state index contributed by atoms with van der Waals surface area (Å²) >= 11 is 0. The number of benzene rings is 4. The minimum Gasteiger partial charge on any atom is -0.0683 e. The molecule has 0 heteroatoms. The molecule has 0 aromatic heterocycles. The van der Waals surface area contributed by atoms with Crippen LogP contribution in [0, 0.1) is 6.92 Å². The Kier molecular flexibility index (Phi) is 10.2. The molecule has 0 aliphatic carbocycles. The molecule has 0 atom stereocenters. The van der Waals surface area contributed by atoms with E-state index in [9.17, 15) is 0 Å². The molecule has 154 valence electrons. The summed E-state index contributed by atoms with van der Waals surface area (Å²) in [7, 11) is 0. The maximum absolute atomic E-state index is 2.25. The van der Waals surface area contributed by atoms with Crippen LogP contribution < -0.4 is 0 Å². The molecule has 0 fully saturated rings. The van der Waals surface area contributed by atoms with E-state index in [0.717, 1.165) is 0 Å². The van der Waals surface area contributed by atoms with Gasteiger partial charge >= 0.3 is 0 Å². The lowest BCUT2D eigenvalue weighted by atomic mass is 9.84. The highest BCUT2D eigenvalue weighted by molar-refractivity contribution is 6.07. The maximum Gasteiger partial charge on any atom is -0.0105 e. The standard InChI is InChI=1S/C14H10.C11H16.2C2H6/c1-3-7-13-11(5-1)9-10-12-6-2-4-8-14(12)13;1-9-7-5-6-8-10(9)11(2,3)4;2*1-2/h1-10H;5-8H,1-4H3;2*1-2H3. The predicted octanol–water partition coefficient (Wildman–Crippen LogP) is 9.34. The second kappa shape index (κ2) is 12.1. The fourth-order valence-electron chi connectivity index (χ4n) is 3.37. The molecule has 0 amide bonds. The molecule has 0 aliphatic heterocycles. The molecule has 0 bridgehead atoms. The Morgan fingerprint density at radius 1 is 0.483 bits per heavy atom. The van der Waals surface area contributed by atoms with Gasteiger partial charge in [0.15, 0.2) is 0 Å². The molecule has 0 saturated carbocycles. The smallest absolute Gasteiger partial charge is 0.0105 e. The first-order valence-electron chi connectivity index (χ1n) is 10.9. The summed E-state index contributed by atoms with van der Waals surface area (Å²) in [5.74, 6) is 0. The van der Waals surface area contributed by atoms with Crippen molar-refractivity contribution in [3.63, 3.8) is 0 Å². The molecule has 0 heterocycles. The predicted molar refractivity (Wildman–Crippen MR) is 134 cm³/mol. The molecule has 0 radical (unpaired) electrons. The van der Waals surface area contributed by atoms with Crippen molar-refractivity contribution in [3.8, 4) is 0 Å². The van der Waals surface area contributed by atoms with Gasteiger partial charge in [0.05, 0.1) is 0 Å².